The van der Waals surface area contributed by atoms with Crippen molar-refractivity contribution in [1.82, 2.24) is 10.2 Å². The van der Waals surface area contributed by atoms with Crippen LogP contribution < -0.4 is 19.1 Å². The highest BCUT2D eigenvalue weighted by Crippen LogP contribution is 2.34. The molecule has 9 nitrogen and oxygen atoms in total. The fourth-order valence-electron chi connectivity index (χ4n) is 4.85. The molecule has 224 valence electrons. The van der Waals surface area contributed by atoms with Crippen molar-refractivity contribution in [3.63, 3.8) is 0 Å². The Bertz CT molecular complexity index is 1480. The molecule has 42 heavy (non-hydrogen) atoms. The van der Waals surface area contributed by atoms with Gasteiger partial charge in [0.1, 0.15) is 25.1 Å². The second-order valence-electron chi connectivity index (χ2n) is 9.98. The summed E-state index contributed by atoms with van der Waals surface area (Å²) in [7, 11) is -3.70. The second-order valence-corrected chi connectivity index (χ2v) is 11.9. The summed E-state index contributed by atoms with van der Waals surface area (Å²) in [6.07, 6.45) is 1.44. The van der Waals surface area contributed by atoms with Crippen molar-refractivity contribution in [3.8, 4) is 11.5 Å². The first kappa shape index (κ1) is 30.8. The number of rotatable bonds is 13. The van der Waals surface area contributed by atoms with Crippen molar-refractivity contribution in [1.29, 1.82) is 0 Å². The van der Waals surface area contributed by atoms with Crippen LogP contribution in [0.25, 0.3) is 0 Å². The quantitative estimate of drug-likeness (QED) is 0.320. The number of amides is 2. The lowest BCUT2D eigenvalue weighted by atomic mass is 10.0. The minimum absolute atomic E-state index is 0.0161. The number of carbonyl (C=O) groups excluding carboxylic acids is 2. The third-order valence-electron chi connectivity index (χ3n) is 6.89. The number of sulfonamides is 1. The average Bonchev–Trinajstić information content (AvgIpc) is 2.97. The van der Waals surface area contributed by atoms with Crippen LogP contribution in [0.5, 0.6) is 11.5 Å². The predicted molar refractivity (Wildman–Crippen MR) is 158 cm³/mol. The van der Waals surface area contributed by atoms with E-state index in [1.54, 1.807) is 43.3 Å². The van der Waals surface area contributed by atoms with Gasteiger partial charge < -0.3 is 19.7 Å². The first-order chi connectivity index (χ1) is 20.2. The van der Waals surface area contributed by atoms with Crippen LogP contribution >= 0.6 is 0 Å². The number of hydrogen-bond acceptors (Lipinski definition) is 6. The van der Waals surface area contributed by atoms with E-state index in [-0.39, 0.29) is 49.7 Å². The Labute approximate surface area is 246 Å². The molecule has 1 unspecified atom stereocenters. The Morgan fingerprint density at radius 2 is 1.67 bits per heavy atom. The zero-order chi connectivity index (χ0) is 30.1. The van der Waals surface area contributed by atoms with E-state index in [9.17, 15) is 22.4 Å². The normalized spacial score (nSPS) is 13.2. The molecular formula is C31H36FN3O6S. The maximum absolute atomic E-state index is 14.7. The van der Waals surface area contributed by atoms with Crippen LogP contribution in [0.3, 0.4) is 0 Å². The molecule has 3 aromatic rings. The molecule has 2 amide bonds. The highest BCUT2D eigenvalue weighted by molar-refractivity contribution is 7.92. The summed E-state index contributed by atoms with van der Waals surface area (Å²) in [6.45, 7) is 2.83. The van der Waals surface area contributed by atoms with Crippen molar-refractivity contribution in [3.05, 3.63) is 89.7 Å². The molecule has 0 aliphatic carbocycles. The van der Waals surface area contributed by atoms with Gasteiger partial charge in [-0.25, -0.2) is 12.8 Å². The first-order valence-corrected chi connectivity index (χ1v) is 15.7. The third kappa shape index (κ3) is 8.00. The molecule has 4 rings (SSSR count). The third-order valence-corrected chi connectivity index (χ3v) is 8.08. The Morgan fingerprint density at radius 3 is 2.36 bits per heavy atom. The first-order valence-electron chi connectivity index (χ1n) is 13.9. The fraction of sp³-hybridized carbons (Fsp3) is 0.355. The standard InChI is InChI=1S/C31H36FN3O6S/c1-3-33-31(37)27(20-23-10-5-4-6-11-23)34(22-24-12-7-8-13-26(24)32)30(36)14-9-17-35(42(2,38)39)25-15-16-28-29(21-25)41-19-18-40-28/h4-8,10-13,15-16,21,27H,3,9,14,17-20,22H2,1-2H3,(H,33,37). The van der Waals surface area contributed by atoms with E-state index in [1.807, 2.05) is 30.3 Å². The number of hydrogen-bond donors (Lipinski definition) is 1. The molecule has 0 saturated heterocycles. The van der Waals surface area contributed by atoms with Crippen molar-refractivity contribution < 1.29 is 31.9 Å². The van der Waals surface area contributed by atoms with Crippen LogP contribution in [0.1, 0.15) is 30.9 Å². The highest BCUT2D eigenvalue weighted by atomic mass is 32.2. The van der Waals surface area contributed by atoms with Gasteiger partial charge in [-0.05, 0) is 37.1 Å². The molecule has 1 N–H and O–H groups in total. The second kappa shape index (κ2) is 14.2. The Balaban J connectivity index is 1.56. The Hall–Kier alpha value is -4.12. The number of ether oxygens (including phenoxy) is 2. The summed E-state index contributed by atoms with van der Waals surface area (Å²) in [5.41, 5.74) is 1.52. The number of anilines is 1. The van der Waals surface area contributed by atoms with Crippen LogP contribution in [0.15, 0.2) is 72.8 Å². The van der Waals surface area contributed by atoms with Gasteiger partial charge in [0.2, 0.25) is 21.8 Å². The van der Waals surface area contributed by atoms with Gasteiger partial charge in [0, 0.05) is 44.1 Å². The fourth-order valence-corrected chi connectivity index (χ4v) is 5.80. The zero-order valence-corrected chi connectivity index (χ0v) is 24.6. The van der Waals surface area contributed by atoms with Crippen molar-refractivity contribution in [2.75, 3.05) is 36.9 Å². The van der Waals surface area contributed by atoms with Gasteiger partial charge in [-0.1, -0.05) is 48.5 Å². The molecule has 3 aromatic carbocycles. The summed E-state index contributed by atoms with van der Waals surface area (Å²) < 4.78 is 52.5. The number of halogens is 1. The lowest BCUT2D eigenvalue weighted by Crippen LogP contribution is -2.50. The zero-order valence-electron chi connectivity index (χ0n) is 23.8. The maximum Gasteiger partial charge on any atom is 0.243 e. The number of carbonyl (C=O) groups is 2. The average molecular weight is 598 g/mol. The van der Waals surface area contributed by atoms with E-state index in [2.05, 4.69) is 5.32 Å². The molecule has 1 aliphatic heterocycles. The van der Waals surface area contributed by atoms with Crippen molar-refractivity contribution in [2.45, 2.75) is 38.8 Å². The monoisotopic (exact) mass is 597 g/mol. The van der Waals surface area contributed by atoms with Gasteiger partial charge in [0.25, 0.3) is 0 Å². The van der Waals surface area contributed by atoms with E-state index >= 15 is 0 Å². The van der Waals surface area contributed by atoms with Crippen molar-refractivity contribution in [2.24, 2.45) is 0 Å². The SMILES string of the molecule is CCNC(=O)C(Cc1ccccc1)N(Cc1ccccc1F)C(=O)CCCN(c1ccc2c(c1)OCCO2)S(C)(=O)=O. The van der Waals surface area contributed by atoms with Gasteiger partial charge in [-0.2, -0.15) is 0 Å². The molecule has 1 heterocycles. The number of nitrogens with zero attached hydrogens (tertiary/aromatic N) is 2. The van der Waals surface area contributed by atoms with Gasteiger partial charge in [-0.15, -0.1) is 0 Å². The van der Waals surface area contributed by atoms with E-state index in [4.69, 9.17) is 9.47 Å². The topological polar surface area (TPSA) is 105 Å². The van der Waals surface area contributed by atoms with Crippen LogP contribution in [0.4, 0.5) is 10.1 Å². The molecule has 0 saturated carbocycles. The molecule has 0 fully saturated rings. The summed E-state index contributed by atoms with van der Waals surface area (Å²) in [5.74, 6) is -0.231. The van der Waals surface area contributed by atoms with Crippen LogP contribution in [0.2, 0.25) is 0 Å². The van der Waals surface area contributed by atoms with Gasteiger partial charge >= 0.3 is 0 Å². The van der Waals surface area contributed by atoms with Crippen molar-refractivity contribution >= 4 is 27.5 Å². The van der Waals surface area contributed by atoms with E-state index < -0.39 is 21.9 Å². The van der Waals surface area contributed by atoms with Gasteiger partial charge in [-0.3, -0.25) is 13.9 Å². The smallest absolute Gasteiger partial charge is 0.243 e. The predicted octanol–water partition coefficient (Wildman–Crippen LogP) is 3.92. The van der Waals surface area contributed by atoms with Crippen LogP contribution in [0, 0.1) is 5.82 Å². The summed E-state index contributed by atoms with van der Waals surface area (Å²) in [6, 6.07) is 19.4. The number of fused-ring (bicyclic) bond motifs is 1. The van der Waals surface area contributed by atoms with Gasteiger partial charge in [0.15, 0.2) is 11.5 Å². The van der Waals surface area contributed by atoms with E-state index in [0.717, 1.165) is 11.8 Å². The number of nitrogens with one attached hydrogen (secondary N) is 1. The molecule has 1 aliphatic rings. The molecular weight excluding hydrogens is 561 g/mol. The van der Waals surface area contributed by atoms with E-state index in [1.165, 1.54) is 15.3 Å². The molecule has 0 spiro atoms. The molecule has 0 aromatic heterocycles. The molecule has 11 heteroatoms. The van der Waals surface area contributed by atoms with E-state index in [0.29, 0.717) is 36.9 Å². The summed E-state index contributed by atoms with van der Waals surface area (Å²) in [4.78, 5) is 28.4. The summed E-state index contributed by atoms with van der Waals surface area (Å²) >= 11 is 0. The van der Waals surface area contributed by atoms with Crippen LogP contribution in [-0.4, -0.2) is 63.7 Å². The summed E-state index contributed by atoms with van der Waals surface area (Å²) in [5, 5.41) is 2.81. The minimum atomic E-state index is -3.70. The highest BCUT2D eigenvalue weighted by Gasteiger charge is 2.31. The largest absolute Gasteiger partial charge is 0.486 e. The number of benzene rings is 3. The maximum atomic E-state index is 14.7. The number of likely N-dealkylation sites (N-methyl/N-ethyl adjacent to an activating group) is 1. The molecule has 0 bridgehead atoms. The Morgan fingerprint density at radius 1 is 0.976 bits per heavy atom. The lowest BCUT2D eigenvalue weighted by molar-refractivity contribution is -0.141. The Kier molecular flexibility index (Phi) is 10.4. The molecule has 1 atom stereocenters. The lowest BCUT2D eigenvalue weighted by Gasteiger charge is -2.32. The van der Waals surface area contributed by atoms with Crippen LogP contribution in [-0.2, 0) is 32.6 Å². The molecule has 0 radical (unpaired) electrons. The minimum Gasteiger partial charge on any atom is -0.486 e. The van der Waals surface area contributed by atoms with Gasteiger partial charge in [0.05, 0.1) is 11.9 Å².